The Morgan fingerprint density at radius 1 is 0.244 bits per heavy atom. The van der Waals surface area contributed by atoms with Crippen LogP contribution in [0.5, 0.6) is 0 Å². The summed E-state index contributed by atoms with van der Waals surface area (Å²) in [7, 11) is 0. The SMILES string of the molecule is CCCCC/C=C\C/C=C\C/C=C\CCCCCCCCC(=O)OC(COC(=O)CCCCCCC/C=C\CCCCCCCCC)COC(=O)CCCCCCCCCCCCCCCCCCC/C=C\C/C=C\CCCCCCC. The molecule has 0 aromatic rings. The van der Waals surface area contributed by atoms with Crippen molar-refractivity contribution in [3.8, 4) is 0 Å². The van der Waals surface area contributed by atoms with Crippen LogP contribution in [0.4, 0.5) is 0 Å². The van der Waals surface area contributed by atoms with Crippen molar-refractivity contribution < 1.29 is 28.6 Å². The van der Waals surface area contributed by atoms with Crippen LogP contribution in [-0.2, 0) is 28.6 Å². The van der Waals surface area contributed by atoms with Crippen molar-refractivity contribution in [2.75, 3.05) is 13.2 Å². The summed E-state index contributed by atoms with van der Waals surface area (Å²) in [5.74, 6) is -0.881. The lowest BCUT2D eigenvalue weighted by molar-refractivity contribution is -0.167. The third-order valence-electron chi connectivity index (χ3n) is 15.9. The van der Waals surface area contributed by atoms with E-state index in [2.05, 4.69) is 93.7 Å². The van der Waals surface area contributed by atoms with Gasteiger partial charge in [0.15, 0.2) is 6.10 Å². The second kappa shape index (κ2) is 70.3. The number of allylic oxidation sites excluding steroid dienone is 12. The van der Waals surface area contributed by atoms with E-state index < -0.39 is 6.10 Å². The van der Waals surface area contributed by atoms with Crippen LogP contribution in [0.3, 0.4) is 0 Å². The van der Waals surface area contributed by atoms with E-state index in [1.807, 2.05) is 0 Å². The fourth-order valence-electron chi connectivity index (χ4n) is 10.5. The lowest BCUT2D eigenvalue weighted by atomic mass is 10.0. The molecule has 0 fully saturated rings. The molecule has 0 N–H and O–H groups in total. The molecule has 0 aromatic heterocycles. The van der Waals surface area contributed by atoms with Crippen molar-refractivity contribution in [1.29, 1.82) is 0 Å². The van der Waals surface area contributed by atoms with Crippen molar-refractivity contribution in [3.05, 3.63) is 72.9 Å². The maximum absolute atomic E-state index is 12.9. The standard InChI is InChI=1S/C76H136O6/c1-4-7-10-13-16-19-22-25-28-31-33-34-35-36-37-38-39-40-41-42-44-45-48-51-54-57-60-63-66-69-75(78)81-72-73(71-80-74(77)68-65-62-59-56-53-50-47-30-27-24-21-18-15-12-9-6-3)82-76(79)70-67-64-61-58-55-52-49-46-43-32-29-26-23-20-17-14-11-8-5-2/h17,20,22,25-26,29-31,33,43,46-47,73H,4-16,18-19,21,23-24,27-28,32,34-42,44-45,48-72H2,1-3H3/b20-17-,25-22-,29-26-,33-31-,46-43-,47-30-. The summed E-state index contributed by atoms with van der Waals surface area (Å²) in [6.07, 6.45) is 92.1. The van der Waals surface area contributed by atoms with E-state index in [0.29, 0.717) is 19.3 Å². The summed E-state index contributed by atoms with van der Waals surface area (Å²) < 4.78 is 17.0. The van der Waals surface area contributed by atoms with Crippen LogP contribution in [0.2, 0.25) is 0 Å². The molecular formula is C76H136O6. The molecule has 82 heavy (non-hydrogen) atoms. The Balaban J connectivity index is 4.28. The zero-order valence-corrected chi connectivity index (χ0v) is 54.8. The molecule has 0 aliphatic carbocycles. The summed E-state index contributed by atoms with van der Waals surface area (Å²) in [4.78, 5) is 38.5. The minimum absolute atomic E-state index is 0.0804. The predicted molar refractivity (Wildman–Crippen MR) is 358 cm³/mol. The van der Waals surface area contributed by atoms with Gasteiger partial charge in [-0.2, -0.15) is 0 Å². The maximum atomic E-state index is 12.9. The average Bonchev–Trinajstić information content (AvgIpc) is 3.47. The van der Waals surface area contributed by atoms with Crippen LogP contribution in [0.15, 0.2) is 72.9 Å². The Morgan fingerprint density at radius 3 is 0.720 bits per heavy atom. The minimum atomic E-state index is -0.787. The predicted octanol–water partition coefficient (Wildman–Crippen LogP) is 24.8. The van der Waals surface area contributed by atoms with E-state index >= 15 is 0 Å². The summed E-state index contributed by atoms with van der Waals surface area (Å²) in [6, 6.07) is 0. The molecule has 0 saturated heterocycles. The smallest absolute Gasteiger partial charge is 0.306 e. The van der Waals surface area contributed by atoms with Crippen LogP contribution < -0.4 is 0 Å². The van der Waals surface area contributed by atoms with Crippen LogP contribution >= 0.6 is 0 Å². The Hall–Kier alpha value is -3.15. The van der Waals surface area contributed by atoms with Gasteiger partial charge in [-0.1, -0.05) is 312 Å². The minimum Gasteiger partial charge on any atom is -0.462 e. The Morgan fingerprint density at radius 2 is 0.439 bits per heavy atom. The number of ether oxygens (including phenoxy) is 3. The van der Waals surface area contributed by atoms with Crippen LogP contribution in [-0.4, -0.2) is 37.2 Å². The van der Waals surface area contributed by atoms with Crippen LogP contribution in [0.1, 0.15) is 374 Å². The van der Waals surface area contributed by atoms with Crippen molar-refractivity contribution >= 4 is 17.9 Å². The molecule has 0 saturated carbocycles. The number of unbranched alkanes of at least 4 members (excludes halogenated alkanes) is 43. The number of hydrogen-bond donors (Lipinski definition) is 0. The first-order chi connectivity index (χ1) is 40.5. The molecule has 1 atom stereocenters. The van der Waals surface area contributed by atoms with Gasteiger partial charge in [-0.05, 0) is 116 Å². The molecule has 0 radical (unpaired) electrons. The summed E-state index contributed by atoms with van der Waals surface area (Å²) in [5, 5.41) is 0. The van der Waals surface area contributed by atoms with Gasteiger partial charge >= 0.3 is 17.9 Å². The van der Waals surface area contributed by atoms with E-state index in [9.17, 15) is 14.4 Å². The first-order valence-corrected chi connectivity index (χ1v) is 35.9. The van der Waals surface area contributed by atoms with Crippen molar-refractivity contribution in [2.24, 2.45) is 0 Å². The third-order valence-corrected chi connectivity index (χ3v) is 15.9. The highest BCUT2D eigenvalue weighted by molar-refractivity contribution is 5.71. The molecule has 0 amide bonds. The number of hydrogen-bond acceptors (Lipinski definition) is 6. The van der Waals surface area contributed by atoms with Crippen molar-refractivity contribution in [3.63, 3.8) is 0 Å². The zero-order chi connectivity index (χ0) is 59.2. The van der Waals surface area contributed by atoms with Gasteiger partial charge in [0.2, 0.25) is 0 Å². The average molecular weight is 1150 g/mol. The molecule has 0 heterocycles. The van der Waals surface area contributed by atoms with Crippen molar-refractivity contribution in [2.45, 2.75) is 380 Å². The van der Waals surface area contributed by atoms with Gasteiger partial charge in [0.1, 0.15) is 13.2 Å². The van der Waals surface area contributed by atoms with Crippen LogP contribution in [0, 0.1) is 0 Å². The van der Waals surface area contributed by atoms with Gasteiger partial charge in [-0.15, -0.1) is 0 Å². The molecule has 0 spiro atoms. The Labute approximate surface area is 510 Å². The second-order valence-corrected chi connectivity index (χ2v) is 24.1. The van der Waals surface area contributed by atoms with E-state index in [4.69, 9.17) is 14.2 Å². The number of carbonyl (C=O) groups is 3. The zero-order valence-electron chi connectivity index (χ0n) is 54.8. The highest BCUT2D eigenvalue weighted by Gasteiger charge is 2.19. The van der Waals surface area contributed by atoms with E-state index in [1.165, 1.54) is 238 Å². The topological polar surface area (TPSA) is 78.9 Å². The van der Waals surface area contributed by atoms with Gasteiger partial charge < -0.3 is 14.2 Å². The number of carbonyl (C=O) groups excluding carboxylic acids is 3. The first kappa shape index (κ1) is 78.8. The summed E-state index contributed by atoms with van der Waals surface area (Å²) in [6.45, 7) is 6.63. The highest BCUT2D eigenvalue weighted by Crippen LogP contribution is 2.17. The summed E-state index contributed by atoms with van der Waals surface area (Å²) >= 11 is 0. The second-order valence-electron chi connectivity index (χ2n) is 24.1. The van der Waals surface area contributed by atoms with E-state index in [-0.39, 0.29) is 31.1 Å². The fourth-order valence-corrected chi connectivity index (χ4v) is 10.5. The summed E-state index contributed by atoms with van der Waals surface area (Å²) in [5.41, 5.74) is 0. The van der Waals surface area contributed by atoms with Gasteiger partial charge in [0, 0.05) is 19.3 Å². The number of esters is 3. The largest absolute Gasteiger partial charge is 0.462 e. The molecule has 0 rings (SSSR count). The molecule has 0 aromatic carbocycles. The molecule has 0 aliphatic rings. The molecule has 0 aliphatic heterocycles. The molecule has 6 nitrogen and oxygen atoms in total. The van der Waals surface area contributed by atoms with Crippen molar-refractivity contribution in [1.82, 2.24) is 0 Å². The maximum Gasteiger partial charge on any atom is 0.306 e. The molecular weight excluding hydrogens is 1010 g/mol. The van der Waals surface area contributed by atoms with Gasteiger partial charge in [0.25, 0.3) is 0 Å². The van der Waals surface area contributed by atoms with Gasteiger partial charge in [0.05, 0.1) is 0 Å². The Bertz CT molecular complexity index is 1500. The van der Waals surface area contributed by atoms with Gasteiger partial charge in [-0.3, -0.25) is 14.4 Å². The molecule has 1 unspecified atom stereocenters. The number of rotatable bonds is 66. The molecule has 6 heteroatoms. The normalized spacial score (nSPS) is 12.5. The van der Waals surface area contributed by atoms with E-state index in [0.717, 1.165) is 96.3 Å². The van der Waals surface area contributed by atoms with Gasteiger partial charge in [-0.25, -0.2) is 0 Å². The van der Waals surface area contributed by atoms with Crippen LogP contribution in [0.25, 0.3) is 0 Å². The Kier molecular flexibility index (Phi) is 67.6. The molecule has 0 bridgehead atoms. The molecule has 476 valence electrons. The van der Waals surface area contributed by atoms with E-state index in [1.54, 1.807) is 0 Å². The fraction of sp³-hybridized carbons (Fsp3) is 0.803. The monoisotopic (exact) mass is 1150 g/mol. The highest BCUT2D eigenvalue weighted by atomic mass is 16.6. The third kappa shape index (κ3) is 67.6. The lowest BCUT2D eigenvalue weighted by Gasteiger charge is -2.18. The quantitative estimate of drug-likeness (QED) is 0.0261. The first-order valence-electron chi connectivity index (χ1n) is 35.9. The lowest BCUT2D eigenvalue weighted by Crippen LogP contribution is -2.30.